The summed E-state index contributed by atoms with van der Waals surface area (Å²) in [6.07, 6.45) is 0. The molecule has 0 fully saturated rings. The van der Waals surface area contributed by atoms with Crippen LogP contribution in [0.4, 0.5) is 0 Å². The molecule has 0 aliphatic rings. The van der Waals surface area contributed by atoms with Crippen molar-refractivity contribution in [2.45, 2.75) is 13.5 Å². The lowest BCUT2D eigenvalue weighted by Crippen LogP contribution is -2.07. The molecule has 0 spiro atoms. The van der Waals surface area contributed by atoms with E-state index in [9.17, 15) is 4.79 Å². The van der Waals surface area contributed by atoms with E-state index in [0.29, 0.717) is 28.5 Å². The number of ether oxygens (including phenoxy) is 1. The van der Waals surface area contributed by atoms with Crippen LogP contribution in [0.2, 0.25) is 0 Å². The van der Waals surface area contributed by atoms with Crippen LogP contribution in [0, 0.1) is 6.92 Å². The zero-order valence-corrected chi connectivity index (χ0v) is 14.7. The summed E-state index contributed by atoms with van der Waals surface area (Å²) in [7, 11) is 0. The standard InChI is InChI=1S/C19H14N2O4S/c1-12-17(18(21-24-12)13-6-3-2-4-7-13)19(22)23-11-14-10-15(25-20-14)16-8-5-9-26-16/h2-10H,11H2,1H3. The van der Waals surface area contributed by atoms with Crippen molar-refractivity contribution in [1.82, 2.24) is 10.3 Å². The molecule has 26 heavy (non-hydrogen) atoms. The molecule has 0 saturated heterocycles. The molecule has 0 unspecified atom stereocenters. The summed E-state index contributed by atoms with van der Waals surface area (Å²) >= 11 is 1.55. The first-order chi connectivity index (χ1) is 12.7. The molecule has 6 nitrogen and oxygen atoms in total. The van der Waals surface area contributed by atoms with Gasteiger partial charge in [0.2, 0.25) is 0 Å². The van der Waals surface area contributed by atoms with Gasteiger partial charge in [0.15, 0.2) is 5.76 Å². The maximum Gasteiger partial charge on any atom is 0.344 e. The minimum Gasteiger partial charge on any atom is -0.455 e. The van der Waals surface area contributed by atoms with Gasteiger partial charge in [-0.25, -0.2) is 4.79 Å². The summed E-state index contributed by atoms with van der Waals surface area (Å²) in [5.74, 6) is 0.550. The predicted molar refractivity (Wildman–Crippen MR) is 95.6 cm³/mol. The van der Waals surface area contributed by atoms with Crippen LogP contribution in [-0.4, -0.2) is 16.3 Å². The number of hydrogen-bond donors (Lipinski definition) is 0. The lowest BCUT2D eigenvalue weighted by Gasteiger charge is -2.03. The molecule has 4 aromatic rings. The number of carbonyl (C=O) groups excluding carboxylic acids is 1. The van der Waals surface area contributed by atoms with Gasteiger partial charge in [-0.15, -0.1) is 11.3 Å². The first-order valence-electron chi connectivity index (χ1n) is 7.90. The third-order valence-electron chi connectivity index (χ3n) is 3.79. The highest BCUT2D eigenvalue weighted by Gasteiger charge is 2.23. The van der Waals surface area contributed by atoms with Crippen molar-refractivity contribution in [3.05, 3.63) is 70.9 Å². The first-order valence-corrected chi connectivity index (χ1v) is 8.78. The molecular weight excluding hydrogens is 352 g/mol. The molecule has 4 rings (SSSR count). The van der Waals surface area contributed by atoms with Crippen LogP contribution in [0.15, 0.2) is 63.0 Å². The van der Waals surface area contributed by atoms with Crippen LogP contribution in [0.25, 0.3) is 21.9 Å². The molecule has 0 N–H and O–H groups in total. The highest BCUT2D eigenvalue weighted by molar-refractivity contribution is 7.13. The third kappa shape index (κ3) is 3.16. The van der Waals surface area contributed by atoms with Crippen molar-refractivity contribution in [3.8, 4) is 21.9 Å². The quantitative estimate of drug-likeness (QED) is 0.475. The monoisotopic (exact) mass is 366 g/mol. The summed E-state index contributed by atoms with van der Waals surface area (Å²) in [5, 5.41) is 9.89. The van der Waals surface area contributed by atoms with Crippen molar-refractivity contribution < 1.29 is 18.6 Å². The third-order valence-corrected chi connectivity index (χ3v) is 4.67. The predicted octanol–water partition coefficient (Wildman–Crippen LogP) is 4.72. The van der Waals surface area contributed by atoms with Crippen molar-refractivity contribution in [2.75, 3.05) is 0 Å². The second-order valence-electron chi connectivity index (χ2n) is 5.56. The highest BCUT2D eigenvalue weighted by atomic mass is 32.1. The fourth-order valence-corrected chi connectivity index (χ4v) is 3.21. The van der Waals surface area contributed by atoms with Gasteiger partial charge < -0.3 is 13.8 Å². The lowest BCUT2D eigenvalue weighted by molar-refractivity contribution is 0.0463. The molecule has 7 heteroatoms. The number of aryl methyl sites for hydroxylation is 1. The minimum absolute atomic E-state index is 0.00651. The Kier molecular flexibility index (Phi) is 4.37. The van der Waals surface area contributed by atoms with Gasteiger partial charge in [-0.05, 0) is 18.4 Å². The molecule has 3 aromatic heterocycles. The Bertz CT molecular complexity index is 1020. The van der Waals surface area contributed by atoms with Gasteiger partial charge in [-0.2, -0.15) is 0 Å². The van der Waals surface area contributed by atoms with Gasteiger partial charge in [0, 0.05) is 11.6 Å². The topological polar surface area (TPSA) is 78.4 Å². The van der Waals surface area contributed by atoms with E-state index in [1.807, 2.05) is 47.8 Å². The largest absolute Gasteiger partial charge is 0.455 e. The number of benzene rings is 1. The van der Waals surface area contributed by atoms with Gasteiger partial charge in [-0.1, -0.05) is 46.7 Å². The fourth-order valence-electron chi connectivity index (χ4n) is 2.53. The van der Waals surface area contributed by atoms with Crippen molar-refractivity contribution in [3.63, 3.8) is 0 Å². The van der Waals surface area contributed by atoms with E-state index in [4.69, 9.17) is 13.8 Å². The van der Waals surface area contributed by atoms with Crippen LogP contribution < -0.4 is 0 Å². The van der Waals surface area contributed by atoms with E-state index in [-0.39, 0.29) is 6.61 Å². The number of esters is 1. The van der Waals surface area contributed by atoms with Crippen LogP contribution >= 0.6 is 11.3 Å². The summed E-state index contributed by atoms with van der Waals surface area (Å²) in [5.41, 5.74) is 2.11. The average Bonchev–Trinajstić information content (AvgIpc) is 3.40. The molecular formula is C19H14N2O4S. The summed E-state index contributed by atoms with van der Waals surface area (Å²) in [6.45, 7) is 1.69. The molecule has 0 amide bonds. The molecule has 0 radical (unpaired) electrons. The van der Waals surface area contributed by atoms with Crippen LogP contribution in [0.3, 0.4) is 0 Å². The number of aromatic nitrogens is 2. The lowest BCUT2D eigenvalue weighted by atomic mass is 10.1. The molecule has 1 aromatic carbocycles. The molecule has 0 atom stereocenters. The Balaban J connectivity index is 1.50. The number of carbonyl (C=O) groups is 1. The molecule has 130 valence electrons. The van der Waals surface area contributed by atoms with Gasteiger partial charge in [0.05, 0.1) is 4.88 Å². The Morgan fingerprint density at radius 2 is 1.96 bits per heavy atom. The zero-order chi connectivity index (χ0) is 17.9. The SMILES string of the molecule is Cc1onc(-c2ccccc2)c1C(=O)OCc1cc(-c2cccs2)on1. The minimum atomic E-state index is -0.511. The van der Waals surface area contributed by atoms with Crippen molar-refractivity contribution >= 4 is 17.3 Å². The summed E-state index contributed by atoms with van der Waals surface area (Å²) in [4.78, 5) is 13.5. The smallest absolute Gasteiger partial charge is 0.344 e. The van der Waals surface area contributed by atoms with Crippen molar-refractivity contribution in [1.29, 1.82) is 0 Å². The summed E-state index contributed by atoms with van der Waals surface area (Å²) in [6, 6.07) is 15.0. The highest BCUT2D eigenvalue weighted by Crippen LogP contribution is 2.27. The van der Waals surface area contributed by atoms with E-state index >= 15 is 0 Å². The molecule has 0 aliphatic heterocycles. The van der Waals surface area contributed by atoms with E-state index in [1.54, 1.807) is 24.3 Å². The number of rotatable bonds is 5. The van der Waals surface area contributed by atoms with Crippen molar-refractivity contribution in [2.24, 2.45) is 0 Å². The Morgan fingerprint density at radius 1 is 1.12 bits per heavy atom. The van der Waals surface area contributed by atoms with E-state index < -0.39 is 5.97 Å². The Labute approximate surface area is 153 Å². The number of hydrogen-bond acceptors (Lipinski definition) is 7. The zero-order valence-electron chi connectivity index (χ0n) is 13.8. The van der Waals surface area contributed by atoms with Gasteiger partial charge in [-0.3, -0.25) is 0 Å². The number of thiophene rings is 1. The van der Waals surface area contributed by atoms with E-state index in [0.717, 1.165) is 10.4 Å². The second-order valence-corrected chi connectivity index (χ2v) is 6.51. The van der Waals surface area contributed by atoms with Crippen LogP contribution in [0.5, 0.6) is 0 Å². The van der Waals surface area contributed by atoms with Gasteiger partial charge in [0.25, 0.3) is 0 Å². The van der Waals surface area contributed by atoms with Gasteiger partial charge in [0.1, 0.15) is 29.3 Å². The molecule has 0 aliphatic carbocycles. The first kappa shape index (κ1) is 16.3. The summed E-state index contributed by atoms with van der Waals surface area (Å²) < 4.78 is 15.9. The fraction of sp³-hybridized carbons (Fsp3) is 0.105. The van der Waals surface area contributed by atoms with Crippen LogP contribution in [-0.2, 0) is 11.3 Å². The maximum atomic E-state index is 12.6. The maximum absolute atomic E-state index is 12.6. The normalized spacial score (nSPS) is 10.8. The van der Waals surface area contributed by atoms with Gasteiger partial charge >= 0.3 is 5.97 Å². The van der Waals surface area contributed by atoms with E-state index in [2.05, 4.69) is 10.3 Å². The average molecular weight is 366 g/mol. The Hall–Kier alpha value is -3.19. The number of nitrogens with zero attached hydrogens (tertiary/aromatic N) is 2. The molecule has 0 saturated carbocycles. The molecule has 0 bridgehead atoms. The van der Waals surface area contributed by atoms with E-state index in [1.165, 1.54) is 0 Å². The second kappa shape index (κ2) is 6.97. The van der Waals surface area contributed by atoms with Crippen LogP contribution in [0.1, 0.15) is 21.8 Å². The molecule has 3 heterocycles. The Morgan fingerprint density at radius 3 is 2.73 bits per heavy atom.